The number of nitrogens with one attached hydrogen (secondary N) is 1. The van der Waals surface area contributed by atoms with Crippen molar-refractivity contribution in [3.8, 4) is 0 Å². The Balaban J connectivity index is 1.74. The fourth-order valence-electron chi connectivity index (χ4n) is 2.56. The van der Waals surface area contributed by atoms with Gasteiger partial charge in [-0.2, -0.15) is 0 Å². The van der Waals surface area contributed by atoms with Crippen LogP contribution in [0.15, 0.2) is 53.4 Å². The lowest BCUT2D eigenvalue weighted by atomic mass is 10.2. The lowest BCUT2D eigenvalue weighted by Crippen LogP contribution is -2.38. The van der Waals surface area contributed by atoms with Gasteiger partial charge in [-0.1, -0.05) is 24.3 Å². The van der Waals surface area contributed by atoms with Crippen LogP contribution in [0, 0.1) is 0 Å². The molecule has 0 aliphatic carbocycles. The van der Waals surface area contributed by atoms with Gasteiger partial charge in [-0.25, -0.2) is 0 Å². The molecule has 22 heavy (non-hydrogen) atoms. The van der Waals surface area contributed by atoms with Crippen molar-refractivity contribution >= 4 is 35.0 Å². The first-order valence-electron chi connectivity index (χ1n) is 7.04. The van der Waals surface area contributed by atoms with Crippen LogP contribution in [-0.2, 0) is 16.0 Å². The Morgan fingerprint density at radius 3 is 2.77 bits per heavy atom. The molecule has 2 aromatic carbocycles. The smallest absolute Gasteiger partial charge is 0.316 e. The second kappa shape index (κ2) is 6.23. The van der Waals surface area contributed by atoms with Crippen LogP contribution in [0.5, 0.6) is 0 Å². The summed E-state index contributed by atoms with van der Waals surface area (Å²) in [5, 5.41) is 2.68. The van der Waals surface area contributed by atoms with Crippen LogP contribution in [0.4, 0.5) is 11.4 Å². The Kier molecular flexibility index (Phi) is 4.15. The summed E-state index contributed by atoms with van der Waals surface area (Å²) >= 11 is 1.59. The number of thioether (sulfide) groups is 1. The molecule has 0 spiro atoms. The molecule has 0 atom stereocenters. The van der Waals surface area contributed by atoms with Gasteiger partial charge >= 0.3 is 11.8 Å². The Morgan fingerprint density at radius 2 is 1.95 bits per heavy atom. The van der Waals surface area contributed by atoms with E-state index in [1.165, 1.54) is 0 Å². The average molecular weight is 312 g/mol. The van der Waals surface area contributed by atoms with Crippen LogP contribution >= 0.6 is 11.8 Å². The van der Waals surface area contributed by atoms with Gasteiger partial charge in [0, 0.05) is 22.8 Å². The molecule has 5 heteroatoms. The number of para-hydroxylation sites is 1. The number of amides is 2. The van der Waals surface area contributed by atoms with E-state index in [1.54, 1.807) is 22.7 Å². The van der Waals surface area contributed by atoms with Crippen LogP contribution in [0.2, 0.25) is 0 Å². The summed E-state index contributed by atoms with van der Waals surface area (Å²) in [5.41, 5.74) is 2.58. The molecule has 3 rings (SSSR count). The summed E-state index contributed by atoms with van der Waals surface area (Å²) in [6.45, 7) is 0.552. The van der Waals surface area contributed by atoms with Crippen LogP contribution in [-0.4, -0.2) is 24.6 Å². The van der Waals surface area contributed by atoms with Crippen molar-refractivity contribution in [2.45, 2.75) is 11.3 Å². The van der Waals surface area contributed by atoms with Gasteiger partial charge in [-0.3, -0.25) is 9.59 Å². The van der Waals surface area contributed by atoms with Crippen LogP contribution in [0.3, 0.4) is 0 Å². The molecule has 1 N–H and O–H groups in total. The Morgan fingerprint density at radius 1 is 1.14 bits per heavy atom. The number of carbonyl (C=O) groups is 2. The third-order valence-corrected chi connectivity index (χ3v) is 4.38. The average Bonchev–Trinajstić information content (AvgIpc) is 2.98. The summed E-state index contributed by atoms with van der Waals surface area (Å²) in [7, 11) is 0. The van der Waals surface area contributed by atoms with Gasteiger partial charge < -0.3 is 10.2 Å². The molecular formula is C17H16N2O2S. The molecule has 0 radical (unpaired) electrons. The lowest BCUT2D eigenvalue weighted by Gasteiger charge is -2.16. The highest BCUT2D eigenvalue weighted by Crippen LogP contribution is 2.27. The SMILES string of the molecule is CSc1cccc(NC(=O)C(=O)N2CCc3ccccc32)c1. The topological polar surface area (TPSA) is 49.4 Å². The molecule has 0 saturated heterocycles. The van der Waals surface area contributed by atoms with E-state index in [-0.39, 0.29) is 0 Å². The molecule has 4 nitrogen and oxygen atoms in total. The Labute approximate surface area is 133 Å². The van der Waals surface area contributed by atoms with E-state index in [4.69, 9.17) is 0 Å². The van der Waals surface area contributed by atoms with Gasteiger partial charge in [0.25, 0.3) is 0 Å². The van der Waals surface area contributed by atoms with E-state index in [2.05, 4.69) is 5.32 Å². The zero-order valence-electron chi connectivity index (χ0n) is 12.2. The minimum Gasteiger partial charge on any atom is -0.318 e. The van der Waals surface area contributed by atoms with Gasteiger partial charge in [0.15, 0.2) is 0 Å². The summed E-state index contributed by atoms with van der Waals surface area (Å²) in [6, 6.07) is 15.1. The maximum absolute atomic E-state index is 12.4. The normalized spacial score (nSPS) is 12.9. The van der Waals surface area contributed by atoms with E-state index in [0.717, 1.165) is 22.6 Å². The molecule has 112 valence electrons. The highest BCUT2D eigenvalue weighted by atomic mass is 32.2. The summed E-state index contributed by atoms with van der Waals surface area (Å²) < 4.78 is 0. The Bertz CT molecular complexity index is 730. The highest BCUT2D eigenvalue weighted by Gasteiger charge is 2.28. The van der Waals surface area contributed by atoms with Gasteiger partial charge in [0.05, 0.1) is 0 Å². The molecule has 2 amide bonds. The predicted octanol–water partition coefficient (Wildman–Crippen LogP) is 2.94. The van der Waals surface area contributed by atoms with Gasteiger partial charge in [-0.05, 0) is 42.5 Å². The van der Waals surface area contributed by atoms with Crippen LogP contribution in [0.1, 0.15) is 5.56 Å². The van der Waals surface area contributed by atoms with Crippen molar-refractivity contribution in [1.82, 2.24) is 0 Å². The van der Waals surface area contributed by atoms with E-state index >= 15 is 0 Å². The first-order valence-corrected chi connectivity index (χ1v) is 8.26. The first kappa shape index (κ1) is 14.7. The van der Waals surface area contributed by atoms with Crippen molar-refractivity contribution in [3.05, 3.63) is 54.1 Å². The number of benzene rings is 2. The van der Waals surface area contributed by atoms with Crippen molar-refractivity contribution in [3.63, 3.8) is 0 Å². The number of hydrogen-bond donors (Lipinski definition) is 1. The minimum absolute atomic E-state index is 0.514. The molecule has 2 aromatic rings. The van der Waals surface area contributed by atoms with Crippen molar-refractivity contribution < 1.29 is 9.59 Å². The van der Waals surface area contributed by atoms with Crippen molar-refractivity contribution in [2.75, 3.05) is 23.0 Å². The molecule has 0 unspecified atom stereocenters. The molecule has 0 saturated carbocycles. The second-order valence-electron chi connectivity index (χ2n) is 5.02. The molecule has 1 heterocycles. The number of nitrogens with zero attached hydrogens (tertiary/aromatic N) is 1. The van der Waals surface area contributed by atoms with E-state index in [0.29, 0.717) is 12.2 Å². The van der Waals surface area contributed by atoms with E-state index in [9.17, 15) is 9.59 Å². The zero-order chi connectivity index (χ0) is 15.5. The molecule has 0 aromatic heterocycles. The maximum atomic E-state index is 12.4. The highest BCUT2D eigenvalue weighted by molar-refractivity contribution is 7.98. The molecular weight excluding hydrogens is 296 g/mol. The fourth-order valence-corrected chi connectivity index (χ4v) is 3.02. The van der Waals surface area contributed by atoms with Crippen molar-refractivity contribution in [1.29, 1.82) is 0 Å². The number of hydrogen-bond acceptors (Lipinski definition) is 3. The summed E-state index contributed by atoms with van der Waals surface area (Å²) in [4.78, 5) is 27.2. The second-order valence-corrected chi connectivity index (χ2v) is 5.90. The van der Waals surface area contributed by atoms with Crippen LogP contribution < -0.4 is 10.2 Å². The first-order chi connectivity index (χ1) is 10.7. The monoisotopic (exact) mass is 312 g/mol. The maximum Gasteiger partial charge on any atom is 0.316 e. The van der Waals surface area contributed by atoms with E-state index < -0.39 is 11.8 Å². The third-order valence-electron chi connectivity index (χ3n) is 3.65. The van der Waals surface area contributed by atoms with Gasteiger partial charge in [-0.15, -0.1) is 11.8 Å². The number of carbonyl (C=O) groups excluding carboxylic acids is 2. The number of fused-ring (bicyclic) bond motifs is 1. The fraction of sp³-hybridized carbons (Fsp3) is 0.176. The number of rotatable bonds is 2. The third kappa shape index (κ3) is 2.85. The quantitative estimate of drug-likeness (QED) is 0.685. The molecule has 1 aliphatic heterocycles. The molecule has 1 aliphatic rings. The standard InChI is InChI=1S/C17H16N2O2S/c1-22-14-7-4-6-13(11-14)18-16(20)17(21)19-10-9-12-5-2-3-8-15(12)19/h2-8,11H,9-10H2,1H3,(H,18,20). The molecule has 0 bridgehead atoms. The minimum atomic E-state index is -0.602. The van der Waals surface area contributed by atoms with Crippen molar-refractivity contribution in [2.24, 2.45) is 0 Å². The summed E-state index contributed by atoms with van der Waals surface area (Å²) in [5.74, 6) is -1.12. The predicted molar refractivity (Wildman–Crippen MR) is 89.4 cm³/mol. The summed E-state index contributed by atoms with van der Waals surface area (Å²) in [6.07, 6.45) is 2.75. The number of anilines is 2. The largest absolute Gasteiger partial charge is 0.318 e. The zero-order valence-corrected chi connectivity index (χ0v) is 13.0. The van der Waals surface area contributed by atoms with Gasteiger partial charge in [0.2, 0.25) is 0 Å². The van der Waals surface area contributed by atoms with E-state index in [1.807, 2.05) is 48.7 Å². The van der Waals surface area contributed by atoms with Crippen LogP contribution in [0.25, 0.3) is 0 Å². The molecule has 0 fully saturated rings. The Hall–Kier alpha value is -2.27. The van der Waals surface area contributed by atoms with Gasteiger partial charge in [0.1, 0.15) is 0 Å². The lowest BCUT2D eigenvalue weighted by molar-refractivity contribution is -0.134.